The number of nitrogens with zero attached hydrogens (tertiary/aromatic N) is 1. The average molecular weight is 441 g/mol. The lowest BCUT2D eigenvalue weighted by molar-refractivity contribution is -0.122. The number of benzene rings is 2. The third-order valence-corrected chi connectivity index (χ3v) is 5.83. The summed E-state index contributed by atoms with van der Waals surface area (Å²) < 4.78 is 41.9. The van der Waals surface area contributed by atoms with E-state index in [2.05, 4.69) is 5.32 Å². The molecule has 0 aliphatic carbocycles. The first-order valence-corrected chi connectivity index (χ1v) is 10.9. The zero-order valence-electron chi connectivity index (χ0n) is 16.1. The third kappa shape index (κ3) is 4.68. The number of amides is 1. The number of ether oxygens (including phenoxy) is 3. The Morgan fingerprint density at radius 3 is 2.62 bits per heavy atom. The summed E-state index contributed by atoms with van der Waals surface area (Å²) >= 11 is 6.03. The van der Waals surface area contributed by atoms with Gasteiger partial charge in [-0.2, -0.15) is 0 Å². The highest BCUT2D eigenvalue weighted by Crippen LogP contribution is 2.37. The van der Waals surface area contributed by atoms with Gasteiger partial charge in [-0.05, 0) is 30.3 Å². The van der Waals surface area contributed by atoms with E-state index in [0.29, 0.717) is 27.9 Å². The molecule has 0 radical (unpaired) electrons. The molecule has 10 heteroatoms. The Kier molecular flexibility index (Phi) is 6.09. The second-order valence-electron chi connectivity index (χ2n) is 6.40. The van der Waals surface area contributed by atoms with Crippen LogP contribution in [0.5, 0.6) is 17.2 Å². The molecule has 2 aromatic carbocycles. The Labute approximate surface area is 174 Å². The summed E-state index contributed by atoms with van der Waals surface area (Å²) in [5, 5.41) is 3.13. The van der Waals surface area contributed by atoms with Crippen molar-refractivity contribution in [3.8, 4) is 17.2 Å². The predicted octanol–water partition coefficient (Wildman–Crippen LogP) is 2.91. The Morgan fingerprint density at radius 2 is 1.97 bits per heavy atom. The number of fused-ring (bicyclic) bond motifs is 1. The van der Waals surface area contributed by atoms with E-state index in [4.69, 9.17) is 25.8 Å². The molecule has 156 valence electrons. The molecule has 1 N–H and O–H groups in total. The van der Waals surface area contributed by atoms with Crippen molar-refractivity contribution in [1.82, 2.24) is 0 Å². The van der Waals surface area contributed by atoms with Gasteiger partial charge >= 0.3 is 0 Å². The van der Waals surface area contributed by atoms with Crippen molar-refractivity contribution in [3.63, 3.8) is 0 Å². The molecule has 0 aromatic heterocycles. The van der Waals surface area contributed by atoms with E-state index in [1.54, 1.807) is 30.3 Å². The minimum atomic E-state index is -3.58. The maximum Gasteiger partial charge on any atom is 0.265 e. The molecule has 0 fully saturated rings. The van der Waals surface area contributed by atoms with Gasteiger partial charge in [-0.15, -0.1) is 0 Å². The van der Waals surface area contributed by atoms with Crippen LogP contribution in [0, 0.1) is 0 Å². The van der Waals surface area contributed by atoms with Crippen molar-refractivity contribution < 1.29 is 27.4 Å². The highest BCUT2D eigenvalue weighted by Gasteiger charge is 2.31. The highest BCUT2D eigenvalue weighted by atomic mass is 35.5. The topological polar surface area (TPSA) is 94.2 Å². The molecule has 29 heavy (non-hydrogen) atoms. The number of hydrogen-bond donors (Lipinski definition) is 1. The van der Waals surface area contributed by atoms with Gasteiger partial charge in [-0.1, -0.05) is 11.6 Å². The Bertz CT molecular complexity index is 1030. The van der Waals surface area contributed by atoms with Crippen LogP contribution in [-0.4, -0.2) is 47.4 Å². The normalized spacial score (nSPS) is 16.3. The van der Waals surface area contributed by atoms with Crippen LogP contribution in [0.15, 0.2) is 36.4 Å². The number of halogens is 1. The lowest BCUT2D eigenvalue weighted by Crippen LogP contribution is -2.36. The number of anilines is 2. The molecule has 0 bridgehead atoms. The van der Waals surface area contributed by atoms with E-state index in [0.717, 1.165) is 6.26 Å². The van der Waals surface area contributed by atoms with Crippen LogP contribution in [0.25, 0.3) is 0 Å². The van der Waals surface area contributed by atoms with Gasteiger partial charge in [-0.25, -0.2) is 8.42 Å². The molecular formula is C19H21ClN2O6S. The Balaban J connectivity index is 1.87. The maximum atomic E-state index is 12.9. The Morgan fingerprint density at radius 1 is 1.21 bits per heavy atom. The zero-order chi connectivity index (χ0) is 21.2. The zero-order valence-corrected chi connectivity index (χ0v) is 17.7. The highest BCUT2D eigenvalue weighted by molar-refractivity contribution is 7.92. The fourth-order valence-corrected chi connectivity index (χ4v) is 4.10. The molecule has 2 aromatic rings. The van der Waals surface area contributed by atoms with E-state index >= 15 is 0 Å². The maximum absolute atomic E-state index is 12.9. The molecule has 1 atom stereocenters. The summed E-state index contributed by atoms with van der Waals surface area (Å²) in [5.74, 6) is 0.848. The molecule has 1 aliphatic rings. The molecule has 8 nitrogen and oxygen atoms in total. The molecule has 0 spiro atoms. The van der Waals surface area contributed by atoms with Gasteiger partial charge in [0.1, 0.15) is 17.2 Å². The average Bonchev–Trinajstić information content (AvgIpc) is 2.87. The fourth-order valence-electron chi connectivity index (χ4n) is 3.00. The summed E-state index contributed by atoms with van der Waals surface area (Å²) in [4.78, 5) is 12.9. The second-order valence-corrected chi connectivity index (χ2v) is 8.74. The first kappa shape index (κ1) is 21.1. The number of carbonyl (C=O) groups excluding carboxylic acids is 1. The first-order chi connectivity index (χ1) is 13.7. The predicted molar refractivity (Wildman–Crippen MR) is 111 cm³/mol. The van der Waals surface area contributed by atoms with Gasteiger partial charge in [0.05, 0.1) is 31.9 Å². The minimum Gasteiger partial charge on any atom is -0.497 e. The summed E-state index contributed by atoms with van der Waals surface area (Å²) in [7, 11) is -0.563. The van der Waals surface area contributed by atoms with Gasteiger partial charge in [-0.3, -0.25) is 9.10 Å². The van der Waals surface area contributed by atoms with Crippen LogP contribution < -0.4 is 23.8 Å². The Hall–Kier alpha value is -2.65. The molecule has 0 saturated carbocycles. The van der Waals surface area contributed by atoms with Crippen molar-refractivity contribution in [2.45, 2.75) is 12.5 Å². The first-order valence-electron chi connectivity index (χ1n) is 8.69. The van der Waals surface area contributed by atoms with Gasteiger partial charge in [0.15, 0.2) is 6.10 Å². The lowest BCUT2D eigenvalue weighted by atomic mass is 10.2. The van der Waals surface area contributed by atoms with Crippen molar-refractivity contribution in [2.24, 2.45) is 0 Å². The number of nitrogens with one attached hydrogen (secondary N) is 1. The van der Waals surface area contributed by atoms with Crippen LogP contribution in [0.2, 0.25) is 5.02 Å². The van der Waals surface area contributed by atoms with Gasteiger partial charge < -0.3 is 19.5 Å². The van der Waals surface area contributed by atoms with Crippen molar-refractivity contribution in [2.75, 3.05) is 36.6 Å². The fraction of sp³-hybridized carbons (Fsp3) is 0.316. The van der Waals surface area contributed by atoms with Crippen LogP contribution in [0.3, 0.4) is 0 Å². The molecular weight excluding hydrogens is 420 g/mol. The van der Waals surface area contributed by atoms with Gasteiger partial charge in [0.2, 0.25) is 10.0 Å². The van der Waals surface area contributed by atoms with E-state index in [-0.39, 0.29) is 18.7 Å². The van der Waals surface area contributed by atoms with E-state index < -0.39 is 22.0 Å². The number of carbonyl (C=O) groups is 1. The molecule has 3 rings (SSSR count). The number of methoxy groups -OCH3 is 2. The standard InChI is InChI=1S/C19H21ClN2O6S/c1-26-13-5-6-14(18(11-13)27-2)21-19(23)17-8-9-22(29(3,24)25)15-10-12(20)4-7-16(15)28-17/h4-7,10-11,17H,8-9H2,1-3H3,(H,21,23)/t17-/m0/s1. The smallest absolute Gasteiger partial charge is 0.265 e. The molecule has 1 heterocycles. The molecule has 1 amide bonds. The summed E-state index contributed by atoms with van der Waals surface area (Å²) in [6, 6.07) is 9.62. The van der Waals surface area contributed by atoms with Gasteiger partial charge in [0, 0.05) is 24.1 Å². The number of sulfonamides is 1. The van der Waals surface area contributed by atoms with E-state index in [9.17, 15) is 13.2 Å². The van der Waals surface area contributed by atoms with Crippen LogP contribution in [0.1, 0.15) is 6.42 Å². The lowest BCUT2D eigenvalue weighted by Gasteiger charge is -2.21. The SMILES string of the molecule is COc1ccc(NC(=O)[C@@H]2CCN(S(C)(=O)=O)c3cc(Cl)ccc3O2)c(OC)c1. The van der Waals surface area contributed by atoms with Gasteiger partial charge in [0.25, 0.3) is 5.91 Å². The third-order valence-electron chi connectivity index (χ3n) is 4.41. The quantitative estimate of drug-likeness (QED) is 0.768. The summed E-state index contributed by atoms with van der Waals surface area (Å²) in [6.07, 6.45) is 0.345. The molecule has 0 saturated heterocycles. The summed E-state index contributed by atoms with van der Waals surface area (Å²) in [5.41, 5.74) is 0.750. The molecule has 0 unspecified atom stereocenters. The number of rotatable bonds is 5. The minimum absolute atomic E-state index is 0.0734. The largest absolute Gasteiger partial charge is 0.497 e. The van der Waals surface area contributed by atoms with Crippen molar-refractivity contribution >= 4 is 38.9 Å². The van der Waals surface area contributed by atoms with Crippen LogP contribution in [-0.2, 0) is 14.8 Å². The van der Waals surface area contributed by atoms with E-state index in [1.807, 2.05) is 0 Å². The second kappa shape index (κ2) is 8.38. The van der Waals surface area contributed by atoms with Crippen molar-refractivity contribution in [1.29, 1.82) is 0 Å². The molecule has 1 aliphatic heterocycles. The number of hydrogen-bond acceptors (Lipinski definition) is 6. The van der Waals surface area contributed by atoms with E-state index in [1.165, 1.54) is 24.6 Å². The van der Waals surface area contributed by atoms with Crippen LogP contribution in [0.4, 0.5) is 11.4 Å². The summed E-state index contributed by atoms with van der Waals surface area (Å²) in [6.45, 7) is 0.0734. The van der Waals surface area contributed by atoms with Crippen LogP contribution >= 0.6 is 11.6 Å². The van der Waals surface area contributed by atoms with Crippen molar-refractivity contribution in [3.05, 3.63) is 41.4 Å². The monoisotopic (exact) mass is 440 g/mol.